The molecule has 0 spiro atoms. The average Bonchev–Trinajstić information content (AvgIpc) is 2.62. The smallest absolute Gasteiger partial charge is 0.228 e. The second kappa shape index (κ2) is 6.06. The van der Waals surface area contributed by atoms with Gasteiger partial charge in [-0.25, -0.2) is 5.84 Å². The number of hydrogen-bond acceptors (Lipinski definition) is 5. The molecule has 0 aromatic carbocycles. The van der Waals surface area contributed by atoms with Crippen molar-refractivity contribution in [3.63, 3.8) is 0 Å². The summed E-state index contributed by atoms with van der Waals surface area (Å²) in [6.45, 7) is 6.34. The van der Waals surface area contributed by atoms with Gasteiger partial charge in [0.25, 0.3) is 0 Å². The highest BCUT2D eigenvalue weighted by Crippen LogP contribution is 1.96. The second-order valence-electron chi connectivity index (χ2n) is 3.66. The number of aliphatic imine (C=N–C) groups is 1. The van der Waals surface area contributed by atoms with Gasteiger partial charge in [-0.05, 0) is 20.8 Å². The van der Waals surface area contributed by atoms with Crippen molar-refractivity contribution in [3.05, 3.63) is 11.7 Å². The van der Waals surface area contributed by atoms with Crippen LogP contribution in [0.25, 0.3) is 0 Å². The topological polar surface area (TPSA) is 101 Å². The Morgan fingerprint density at radius 3 is 2.81 bits per heavy atom. The minimum Gasteiger partial charge on any atom is -0.353 e. The van der Waals surface area contributed by atoms with Crippen molar-refractivity contribution in [2.45, 2.75) is 33.2 Å². The van der Waals surface area contributed by atoms with Gasteiger partial charge in [-0.2, -0.15) is 4.98 Å². The number of hydrazine groups is 1. The molecule has 0 unspecified atom stereocenters. The van der Waals surface area contributed by atoms with Gasteiger partial charge in [0.2, 0.25) is 11.9 Å². The lowest BCUT2D eigenvalue weighted by molar-refractivity contribution is 0.376. The normalized spacial score (nSPS) is 11.9. The number of nitrogens with two attached hydrogens (primary N) is 1. The molecule has 0 aliphatic carbocycles. The Kier molecular flexibility index (Phi) is 4.71. The predicted molar refractivity (Wildman–Crippen MR) is 60.6 cm³/mol. The van der Waals surface area contributed by atoms with Gasteiger partial charge in [0.15, 0.2) is 5.82 Å². The van der Waals surface area contributed by atoms with E-state index < -0.39 is 0 Å². The average molecular weight is 226 g/mol. The summed E-state index contributed by atoms with van der Waals surface area (Å²) in [6.07, 6.45) is 0.603. The van der Waals surface area contributed by atoms with Crippen molar-refractivity contribution < 1.29 is 4.52 Å². The fraction of sp³-hybridized carbons (Fsp3) is 0.667. The Labute approximate surface area is 94.5 Å². The SMILES string of the molecule is Cc1noc(CCN=C(NN)NC(C)C)n1. The van der Waals surface area contributed by atoms with Crippen molar-refractivity contribution in [2.24, 2.45) is 10.8 Å². The number of rotatable bonds is 4. The maximum absolute atomic E-state index is 5.31. The van der Waals surface area contributed by atoms with E-state index >= 15 is 0 Å². The lowest BCUT2D eigenvalue weighted by Gasteiger charge is -2.11. The molecule has 1 heterocycles. The van der Waals surface area contributed by atoms with E-state index in [0.29, 0.717) is 30.6 Å². The van der Waals surface area contributed by atoms with Crippen LogP contribution in [0, 0.1) is 6.92 Å². The molecule has 0 fully saturated rings. The molecule has 0 saturated heterocycles. The van der Waals surface area contributed by atoms with Crippen LogP contribution < -0.4 is 16.6 Å². The Hall–Kier alpha value is -1.63. The van der Waals surface area contributed by atoms with Gasteiger partial charge in [0.05, 0.1) is 6.54 Å². The van der Waals surface area contributed by atoms with Crippen LogP contribution in [0.3, 0.4) is 0 Å². The zero-order valence-electron chi connectivity index (χ0n) is 9.82. The molecule has 1 aromatic heterocycles. The van der Waals surface area contributed by atoms with Crippen LogP contribution in [0.15, 0.2) is 9.52 Å². The molecule has 0 bridgehead atoms. The third-order valence-corrected chi connectivity index (χ3v) is 1.73. The maximum atomic E-state index is 5.31. The summed E-state index contributed by atoms with van der Waals surface area (Å²) in [5.74, 6) is 7.09. The minimum absolute atomic E-state index is 0.278. The molecule has 1 rings (SSSR count). The van der Waals surface area contributed by atoms with E-state index in [1.54, 1.807) is 6.92 Å². The van der Waals surface area contributed by atoms with Gasteiger partial charge < -0.3 is 9.84 Å². The van der Waals surface area contributed by atoms with E-state index in [2.05, 4.69) is 25.9 Å². The number of aryl methyl sites for hydroxylation is 1. The molecule has 0 atom stereocenters. The van der Waals surface area contributed by atoms with E-state index in [4.69, 9.17) is 10.4 Å². The molecule has 90 valence electrons. The first-order valence-electron chi connectivity index (χ1n) is 5.18. The van der Waals surface area contributed by atoms with Crippen molar-refractivity contribution in [1.82, 2.24) is 20.9 Å². The minimum atomic E-state index is 0.278. The van der Waals surface area contributed by atoms with Crippen molar-refractivity contribution in [3.8, 4) is 0 Å². The molecule has 0 aliphatic rings. The van der Waals surface area contributed by atoms with Crippen LogP contribution in [0.2, 0.25) is 0 Å². The van der Waals surface area contributed by atoms with Gasteiger partial charge in [-0.1, -0.05) is 5.16 Å². The molecule has 7 nitrogen and oxygen atoms in total. The lowest BCUT2D eigenvalue weighted by Crippen LogP contribution is -2.44. The monoisotopic (exact) mass is 226 g/mol. The Balaban J connectivity index is 2.39. The van der Waals surface area contributed by atoms with Crippen LogP contribution >= 0.6 is 0 Å². The van der Waals surface area contributed by atoms with Crippen LogP contribution in [-0.4, -0.2) is 28.7 Å². The van der Waals surface area contributed by atoms with Gasteiger partial charge in [-0.15, -0.1) is 0 Å². The van der Waals surface area contributed by atoms with E-state index in [-0.39, 0.29) is 6.04 Å². The summed E-state index contributed by atoms with van der Waals surface area (Å²) < 4.78 is 4.96. The summed E-state index contributed by atoms with van der Waals surface area (Å²) in [6, 6.07) is 0.278. The fourth-order valence-corrected chi connectivity index (χ4v) is 1.11. The molecule has 0 amide bonds. The quantitative estimate of drug-likeness (QED) is 0.283. The van der Waals surface area contributed by atoms with Crippen LogP contribution in [0.1, 0.15) is 25.6 Å². The van der Waals surface area contributed by atoms with Gasteiger partial charge >= 0.3 is 0 Å². The summed E-state index contributed by atoms with van der Waals surface area (Å²) in [4.78, 5) is 8.30. The largest absolute Gasteiger partial charge is 0.353 e. The molecule has 16 heavy (non-hydrogen) atoms. The van der Waals surface area contributed by atoms with Gasteiger partial charge in [0, 0.05) is 12.5 Å². The number of aromatic nitrogens is 2. The summed E-state index contributed by atoms with van der Waals surface area (Å²) in [5, 5.41) is 6.76. The number of guanidine groups is 1. The van der Waals surface area contributed by atoms with Crippen molar-refractivity contribution in [1.29, 1.82) is 0 Å². The Morgan fingerprint density at radius 2 is 2.31 bits per heavy atom. The van der Waals surface area contributed by atoms with Gasteiger partial charge in [0.1, 0.15) is 0 Å². The Bertz CT molecular complexity index is 346. The fourth-order valence-electron chi connectivity index (χ4n) is 1.11. The highest BCUT2D eigenvalue weighted by molar-refractivity contribution is 5.79. The van der Waals surface area contributed by atoms with Crippen LogP contribution in [0.5, 0.6) is 0 Å². The van der Waals surface area contributed by atoms with E-state index in [9.17, 15) is 0 Å². The molecule has 0 radical (unpaired) electrons. The molecular formula is C9H18N6O. The summed E-state index contributed by atoms with van der Waals surface area (Å²) >= 11 is 0. The third-order valence-electron chi connectivity index (χ3n) is 1.73. The standard InChI is InChI=1S/C9H18N6O/c1-6(2)12-9(14-10)11-5-4-8-13-7(3)15-16-8/h6H,4-5,10H2,1-3H3,(H2,11,12,14). The predicted octanol–water partition coefficient (Wildman–Crippen LogP) is -0.262. The Morgan fingerprint density at radius 1 is 1.56 bits per heavy atom. The molecular weight excluding hydrogens is 208 g/mol. The van der Waals surface area contributed by atoms with Crippen molar-refractivity contribution in [2.75, 3.05) is 6.54 Å². The van der Waals surface area contributed by atoms with E-state index in [1.165, 1.54) is 0 Å². The number of nitrogens with one attached hydrogen (secondary N) is 2. The van der Waals surface area contributed by atoms with E-state index in [1.807, 2.05) is 13.8 Å². The second-order valence-corrected chi connectivity index (χ2v) is 3.66. The summed E-state index contributed by atoms with van der Waals surface area (Å²) in [5.41, 5.74) is 2.50. The first kappa shape index (κ1) is 12.4. The highest BCUT2D eigenvalue weighted by Gasteiger charge is 2.02. The lowest BCUT2D eigenvalue weighted by atomic mass is 10.4. The van der Waals surface area contributed by atoms with Crippen LogP contribution in [-0.2, 0) is 6.42 Å². The van der Waals surface area contributed by atoms with Crippen LogP contribution in [0.4, 0.5) is 0 Å². The van der Waals surface area contributed by atoms with Gasteiger partial charge in [-0.3, -0.25) is 10.4 Å². The molecule has 7 heteroatoms. The maximum Gasteiger partial charge on any atom is 0.228 e. The number of nitrogens with zero attached hydrogens (tertiary/aromatic N) is 3. The molecule has 0 aliphatic heterocycles. The van der Waals surface area contributed by atoms with E-state index in [0.717, 1.165) is 0 Å². The molecule has 0 saturated carbocycles. The first-order valence-corrected chi connectivity index (χ1v) is 5.18. The van der Waals surface area contributed by atoms with Crippen molar-refractivity contribution >= 4 is 5.96 Å². The zero-order valence-corrected chi connectivity index (χ0v) is 9.82. The third kappa shape index (κ3) is 4.26. The molecule has 4 N–H and O–H groups in total. The summed E-state index contributed by atoms with van der Waals surface area (Å²) in [7, 11) is 0. The first-order chi connectivity index (χ1) is 7.61. The number of hydrogen-bond donors (Lipinski definition) is 3. The highest BCUT2D eigenvalue weighted by atomic mass is 16.5. The zero-order chi connectivity index (χ0) is 12.0. The molecule has 1 aromatic rings.